The summed E-state index contributed by atoms with van der Waals surface area (Å²) in [7, 11) is 0. The lowest BCUT2D eigenvalue weighted by atomic mass is 9.98. The van der Waals surface area contributed by atoms with Crippen LogP contribution in [0.3, 0.4) is 0 Å². The lowest BCUT2D eigenvalue weighted by molar-refractivity contribution is -0.139. The van der Waals surface area contributed by atoms with Crippen LogP contribution in [0.1, 0.15) is 31.8 Å². The smallest absolute Gasteiger partial charge is 0.326 e. The highest BCUT2D eigenvalue weighted by molar-refractivity contribution is 6.24. The molecule has 4 rings (SSSR count). The zero-order valence-corrected chi connectivity index (χ0v) is 14.9. The van der Waals surface area contributed by atoms with Crippen molar-refractivity contribution in [3.63, 3.8) is 0 Å². The first-order valence-corrected chi connectivity index (χ1v) is 8.91. The van der Waals surface area contributed by atoms with E-state index in [9.17, 15) is 19.5 Å². The zero-order chi connectivity index (χ0) is 19.7. The van der Waals surface area contributed by atoms with Crippen molar-refractivity contribution in [1.82, 2.24) is 5.32 Å². The van der Waals surface area contributed by atoms with E-state index in [4.69, 9.17) is 0 Å². The molecule has 138 valence electrons. The van der Waals surface area contributed by atoms with Crippen LogP contribution in [0.5, 0.6) is 0 Å². The van der Waals surface area contributed by atoms with Gasteiger partial charge in [0.25, 0.3) is 5.91 Å². The fraction of sp³-hybridized carbons (Fsp3) is 0.0870. The topological polar surface area (TPSA) is 83.5 Å². The Morgan fingerprint density at radius 3 is 2.18 bits per heavy atom. The Kier molecular flexibility index (Phi) is 4.49. The van der Waals surface area contributed by atoms with Crippen molar-refractivity contribution in [1.29, 1.82) is 0 Å². The molecule has 0 bridgehead atoms. The highest BCUT2D eigenvalue weighted by Crippen LogP contribution is 2.38. The summed E-state index contributed by atoms with van der Waals surface area (Å²) in [5.74, 6) is -1.75. The minimum atomic E-state index is -1.11. The Bertz CT molecular complexity index is 1090. The number of rotatable bonds is 5. The van der Waals surface area contributed by atoms with E-state index in [1.807, 2.05) is 36.4 Å². The molecule has 1 atom stereocenters. The highest BCUT2D eigenvalue weighted by atomic mass is 16.4. The van der Waals surface area contributed by atoms with Gasteiger partial charge in [-0.2, -0.15) is 0 Å². The van der Waals surface area contributed by atoms with Crippen molar-refractivity contribution in [3.8, 4) is 11.1 Å². The third kappa shape index (κ3) is 3.07. The number of benzene rings is 3. The quantitative estimate of drug-likeness (QED) is 0.564. The summed E-state index contributed by atoms with van der Waals surface area (Å²) >= 11 is 0. The number of fused-ring (bicyclic) bond motifs is 3. The first-order valence-electron chi connectivity index (χ1n) is 8.91. The Morgan fingerprint density at radius 1 is 0.821 bits per heavy atom. The monoisotopic (exact) mass is 371 g/mol. The molecule has 5 heteroatoms. The second-order valence-corrected chi connectivity index (χ2v) is 6.66. The van der Waals surface area contributed by atoms with Gasteiger partial charge >= 0.3 is 5.97 Å². The SMILES string of the molecule is O=C(N[C@@H](Cc1ccccc1)C(=O)O)c1cccc2c1-c1ccccc1C2=O. The minimum absolute atomic E-state index is 0.126. The third-order valence-electron chi connectivity index (χ3n) is 4.88. The molecule has 0 heterocycles. The number of ketones is 1. The van der Waals surface area contributed by atoms with Gasteiger partial charge in [0.15, 0.2) is 5.78 Å². The second kappa shape index (κ2) is 7.12. The van der Waals surface area contributed by atoms with Gasteiger partial charge in [0.1, 0.15) is 6.04 Å². The molecular weight excluding hydrogens is 354 g/mol. The molecule has 3 aromatic carbocycles. The Balaban J connectivity index is 1.67. The van der Waals surface area contributed by atoms with Gasteiger partial charge in [0, 0.05) is 28.7 Å². The third-order valence-corrected chi connectivity index (χ3v) is 4.88. The average molecular weight is 371 g/mol. The molecule has 28 heavy (non-hydrogen) atoms. The summed E-state index contributed by atoms with van der Waals surface area (Å²) in [6, 6.07) is 20.1. The van der Waals surface area contributed by atoms with Crippen LogP contribution in [-0.2, 0) is 11.2 Å². The Hall–Kier alpha value is -3.73. The van der Waals surface area contributed by atoms with E-state index in [2.05, 4.69) is 5.32 Å². The molecule has 1 amide bonds. The molecule has 0 saturated heterocycles. The van der Waals surface area contributed by atoms with E-state index in [0.717, 1.165) is 5.56 Å². The molecule has 0 saturated carbocycles. The van der Waals surface area contributed by atoms with E-state index < -0.39 is 17.9 Å². The second-order valence-electron chi connectivity index (χ2n) is 6.66. The van der Waals surface area contributed by atoms with E-state index in [0.29, 0.717) is 27.8 Å². The van der Waals surface area contributed by atoms with Crippen LogP contribution >= 0.6 is 0 Å². The van der Waals surface area contributed by atoms with Crippen LogP contribution in [0.4, 0.5) is 0 Å². The van der Waals surface area contributed by atoms with Gasteiger partial charge in [0.2, 0.25) is 0 Å². The summed E-state index contributed by atoms with van der Waals surface area (Å²) in [4.78, 5) is 37.2. The lowest BCUT2D eigenvalue weighted by Crippen LogP contribution is -2.42. The van der Waals surface area contributed by atoms with Gasteiger partial charge in [-0.05, 0) is 17.2 Å². The number of amides is 1. The van der Waals surface area contributed by atoms with Gasteiger partial charge in [-0.1, -0.05) is 66.7 Å². The summed E-state index contributed by atoms with van der Waals surface area (Å²) in [5.41, 5.74) is 3.39. The van der Waals surface area contributed by atoms with Crippen molar-refractivity contribution >= 4 is 17.7 Å². The summed E-state index contributed by atoms with van der Waals surface area (Å²) in [6.45, 7) is 0. The number of carboxylic acids is 1. The zero-order valence-electron chi connectivity index (χ0n) is 14.9. The maximum atomic E-state index is 12.9. The fourth-order valence-corrected chi connectivity index (χ4v) is 3.55. The van der Waals surface area contributed by atoms with E-state index in [1.165, 1.54) is 0 Å². The van der Waals surface area contributed by atoms with Crippen molar-refractivity contribution in [2.45, 2.75) is 12.5 Å². The maximum absolute atomic E-state index is 12.9. The molecule has 0 aromatic heterocycles. The number of nitrogens with one attached hydrogen (secondary N) is 1. The number of carboxylic acid groups (broad SMARTS) is 1. The molecule has 1 aliphatic rings. The highest BCUT2D eigenvalue weighted by Gasteiger charge is 2.31. The van der Waals surface area contributed by atoms with E-state index in [1.54, 1.807) is 36.4 Å². The fourth-order valence-electron chi connectivity index (χ4n) is 3.55. The van der Waals surface area contributed by atoms with Crippen molar-refractivity contribution < 1.29 is 19.5 Å². The van der Waals surface area contributed by atoms with Crippen molar-refractivity contribution in [2.75, 3.05) is 0 Å². The summed E-state index contributed by atoms with van der Waals surface area (Å²) in [5, 5.41) is 12.2. The standard InChI is InChI=1S/C23H17NO4/c25-21-16-10-5-4-9-15(16)20-17(21)11-6-12-18(20)22(26)24-19(23(27)28)13-14-7-2-1-3-8-14/h1-12,19H,13H2,(H,24,26)(H,27,28)/t19-/m0/s1. The molecule has 0 spiro atoms. The normalized spacial score (nSPS) is 12.8. The van der Waals surface area contributed by atoms with Gasteiger partial charge in [-0.3, -0.25) is 9.59 Å². The molecule has 0 aliphatic heterocycles. The van der Waals surface area contributed by atoms with Crippen LogP contribution in [0.15, 0.2) is 72.8 Å². The lowest BCUT2D eigenvalue weighted by Gasteiger charge is -2.16. The number of hydrogen-bond donors (Lipinski definition) is 2. The first-order chi connectivity index (χ1) is 13.6. The van der Waals surface area contributed by atoms with Gasteiger partial charge in [-0.15, -0.1) is 0 Å². The van der Waals surface area contributed by atoms with Gasteiger partial charge in [-0.25, -0.2) is 4.79 Å². The molecule has 0 fully saturated rings. The largest absolute Gasteiger partial charge is 0.480 e. The molecule has 0 radical (unpaired) electrons. The predicted octanol–water partition coefficient (Wildman–Crippen LogP) is 3.32. The number of hydrogen-bond acceptors (Lipinski definition) is 3. The Morgan fingerprint density at radius 2 is 1.46 bits per heavy atom. The van der Waals surface area contributed by atoms with Crippen LogP contribution in [0, 0.1) is 0 Å². The number of carbonyl (C=O) groups is 3. The van der Waals surface area contributed by atoms with Crippen LogP contribution in [0.25, 0.3) is 11.1 Å². The molecule has 5 nitrogen and oxygen atoms in total. The number of carbonyl (C=O) groups excluding carboxylic acids is 2. The van der Waals surface area contributed by atoms with E-state index >= 15 is 0 Å². The van der Waals surface area contributed by atoms with Crippen LogP contribution < -0.4 is 5.32 Å². The van der Waals surface area contributed by atoms with Crippen molar-refractivity contribution in [2.24, 2.45) is 0 Å². The average Bonchev–Trinajstić information content (AvgIpc) is 3.01. The van der Waals surface area contributed by atoms with E-state index in [-0.39, 0.29) is 12.2 Å². The van der Waals surface area contributed by atoms with Gasteiger partial charge < -0.3 is 10.4 Å². The minimum Gasteiger partial charge on any atom is -0.480 e. The Labute approximate surface area is 161 Å². The van der Waals surface area contributed by atoms with Crippen LogP contribution in [-0.4, -0.2) is 28.8 Å². The van der Waals surface area contributed by atoms with Crippen LogP contribution in [0.2, 0.25) is 0 Å². The predicted molar refractivity (Wildman–Crippen MR) is 104 cm³/mol. The maximum Gasteiger partial charge on any atom is 0.326 e. The molecule has 1 aliphatic carbocycles. The molecule has 2 N–H and O–H groups in total. The summed E-state index contributed by atoms with van der Waals surface area (Å²) in [6.07, 6.45) is 0.173. The summed E-state index contributed by atoms with van der Waals surface area (Å²) < 4.78 is 0. The van der Waals surface area contributed by atoms with Gasteiger partial charge in [0.05, 0.1) is 0 Å². The first kappa shape index (κ1) is 17.7. The molecule has 3 aromatic rings. The molecular formula is C23H17NO4. The number of aliphatic carboxylic acids is 1. The molecule has 0 unspecified atom stereocenters. The van der Waals surface area contributed by atoms with Crippen molar-refractivity contribution in [3.05, 3.63) is 95.1 Å².